The number of alkyl halides is 5. The number of fused-ring (bicyclic) bond motifs is 1. The lowest BCUT2D eigenvalue weighted by Crippen LogP contribution is -2.24. The highest BCUT2D eigenvalue weighted by Crippen LogP contribution is 2.31. The summed E-state index contributed by atoms with van der Waals surface area (Å²) in [7, 11) is 0. The normalized spacial score (nSPS) is 15.9. The highest BCUT2D eigenvalue weighted by Gasteiger charge is 2.38. The van der Waals surface area contributed by atoms with Crippen molar-refractivity contribution in [1.29, 1.82) is 0 Å². The van der Waals surface area contributed by atoms with Crippen molar-refractivity contribution in [2.24, 2.45) is 0 Å². The molecule has 5 rings (SSSR count). The molecule has 1 aliphatic heterocycles. The number of carbonyl (C=O) groups is 1. The number of benzene rings is 1. The summed E-state index contributed by atoms with van der Waals surface area (Å²) in [6.45, 7) is 0.344. The molecule has 12 heteroatoms. The Balaban J connectivity index is 1.39. The van der Waals surface area contributed by atoms with Crippen LogP contribution in [-0.4, -0.2) is 50.0 Å². The van der Waals surface area contributed by atoms with Gasteiger partial charge in [-0.1, -0.05) is 6.07 Å². The van der Waals surface area contributed by atoms with Crippen LogP contribution in [0.3, 0.4) is 0 Å². The molecule has 2 N–H and O–H groups in total. The Morgan fingerprint density at radius 1 is 1.11 bits per heavy atom. The van der Waals surface area contributed by atoms with E-state index in [-0.39, 0.29) is 24.5 Å². The average molecular weight is 502 g/mol. The number of nitrogens with zero attached hydrogens (tertiary/aromatic N) is 4. The number of likely N-dealkylation sites (tertiary alicyclic amines) is 1. The van der Waals surface area contributed by atoms with E-state index in [1.165, 1.54) is 0 Å². The van der Waals surface area contributed by atoms with Crippen LogP contribution in [0.2, 0.25) is 0 Å². The minimum Gasteiger partial charge on any atom is -0.305 e. The van der Waals surface area contributed by atoms with E-state index in [0.29, 0.717) is 35.1 Å². The molecule has 0 bridgehead atoms. The minimum atomic E-state index is -4.57. The second kappa shape index (κ2) is 8.94. The highest BCUT2D eigenvalue weighted by molar-refractivity contribution is 6.11. The van der Waals surface area contributed by atoms with Crippen molar-refractivity contribution in [3.63, 3.8) is 0 Å². The first-order valence-corrected chi connectivity index (χ1v) is 10.9. The second-order valence-electron chi connectivity index (χ2n) is 8.61. The highest BCUT2D eigenvalue weighted by atomic mass is 19.4. The fourth-order valence-electron chi connectivity index (χ4n) is 4.15. The first-order chi connectivity index (χ1) is 17.1. The van der Waals surface area contributed by atoms with Crippen LogP contribution in [0.25, 0.3) is 22.0 Å². The molecule has 4 heterocycles. The Labute approximate surface area is 201 Å². The molecular weight excluding hydrogens is 483 g/mol. The predicted molar refractivity (Wildman–Crippen MR) is 121 cm³/mol. The van der Waals surface area contributed by atoms with Crippen LogP contribution < -0.4 is 5.32 Å². The number of carbonyl (C=O) groups excluding carboxylic acids is 1. The SMILES string of the molecule is O=C(Nc1cc(C(F)(F)F)ccn1)c1n[nH]c2ccc(-c3cncc(CN4CCC(F)(F)C4)c3)cc12. The molecule has 0 unspecified atom stereocenters. The molecule has 1 aliphatic rings. The van der Waals surface area contributed by atoms with Crippen LogP contribution in [-0.2, 0) is 12.7 Å². The van der Waals surface area contributed by atoms with Gasteiger partial charge in [0.05, 0.1) is 17.6 Å². The lowest BCUT2D eigenvalue weighted by Gasteiger charge is -2.15. The molecule has 0 aliphatic carbocycles. The van der Waals surface area contributed by atoms with Crippen molar-refractivity contribution in [3.05, 3.63) is 71.8 Å². The summed E-state index contributed by atoms with van der Waals surface area (Å²) in [5, 5.41) is 9.55. The van der Waals surface area contributed by atoms with Crippen LogP contribution >= 0.6 is 0 Å². The summed E-state index contributed by atoms with van der Waals surface area (Å²) < 4.78 is 65.9. The van der Waals surface area contributed by atoms with E-state index in [1.807, 2.05) is 6.07 Å². The number of hydrogen-bond donors (Lipinski definition) is 2. The molecule has 3 aromatic heterocycles. The van der Waals surface area contributed by atoms with E-state index < -0.39 is 23.6 Å². The molecular formula is C24H19F5N6O. The molecule has 1 fully saturated rings. The van der Waals surface area contributed by atoms with Gasteiger partial charge in [-0.25, -0.2) is 13.8 Å². The molecule has 0 saturated carbocycles. The zero-order chi connectivity index (χ0) is 25.5. The number of anilines is 1. The van der Waals surface area contributed by atoms with Crippen molar-refractivity contribution in [3.8, 4) is 11.1 Å². The maximum absolute atomic E-state index is 13.5. The van der Waals surface area contributed by atoms with Crippen molar-refractivity contribution in [1.82, 2.24) is 25.1 Å². The monoisotopic (exact) mass is 502 g/mol. The van der Waals surface area contributed by atoms with Crippen molar-refractivity contribution in [2.75, 3.05) is 18.4 Å². The molecule has 36 heavy (non-hydrogen) atoms. The third kappa shape index (κ3) is 5.03. The van der Waals surface area contributed by atoms with E-state index in [9.17, 15) is 26.7 Å². The number of halogens is 5. The zero-order valence-corrected chi connectivity index (χ0v) is 18.6. The first kappa shape index (κ1) is 23.8. The average Bonchev–Trinajstić information content (AvgIpc) is 3.41. The molecule has 0 radical (unpaired) electrons. The van der Waals surface area contributed by atoms with E-state index in [1.54, 1.807) is 35.5 Å². The summed E-state index contributed by atoms with van der Waals surface area (Å²) in [5.74, 6) is -3.67. The number of amides is 1. The summed E-state index contributed by atoms with van der Waals surface area (Å²) in [6, 6.07) is 8.61. The molecule has 4 aromatic rings. The van der Waals surface area contributed by atoms with Crippen LogP contribution in [0.15, 0.2) is 55.0 Å². The van der Waals surface area contributed by atoms with Crippen LogP contribution in [0.5, 0.6) is 0 Å². The van der Waals surface area contributed by atoms with Gasteiger partial charge < -0.3 is 5.32 Å². The Hall–Kier alpha value is -3.93. The second-order valence-corrected chi connectivity index (χ2v) is 8.61. The lowest BCUT2D eigenvalue weighted by molar-refractivity contribution is -0.137. The number of nitrogens with one attached hydrogen (secondary N) is 2. The van der Waals surface area contributed by atoms with Crippen LogP contribution in [0.4, 0.5) is 27.8 Å². The fraction of sp³-hybridized carbons (Fsp3) is 0.250. The van der Waals surface area contributed by atoms with Gasteiger partial charge in [0.25, 0.3) is 11.8 Å². The topological polar surface area (TPSA) is 86.8 Å². The Morgan fingerprint density at radius 3 is 2.69 bits per heavy atom. The van der Waals surface area contributed by atoms with Gasteiger partial charge in [-0.15, -0.1) is 0 Å². The molecule has 0 atom stereocenters. The van der Waals surface area contributed by atoms with Crippen LogP contribution in [0.1, 0.15) is 28.0 Å². The number of aromatic nitrogens is 4. The number of aromatic amines is 1. The van der Waals surface area contributed by atoms with Gasteiger partial charge in [0.1, 0.15) is 5.82 Å². The molecule has 1 aromatic carbocycles. The number of pyridine rings is 2. The van der Waals surface area contributed by atoms with Crippen molar-refractivity contribution < 1.29 is 26.7 Å². The standard InChI is InChI=1S/C24H19F5N6O/c25-23(26)4-6-35(13-23)12-14-7-16(11-30-10-14)15-1-2-19-18(8-15)21(34-33-19)22(36)32-20-9-17(3-5-31-20)24(27,28)29/h1-3,5,7-11H,4,6,12-13H2,(H,33,34)(H,31,32,36). The smallest absolute Gasteiger partial charge is 0.305 e. The van der Waals surface area contributed by atoms with Crippen LogP contribution in [0, 0.1) is 0 Å². The van der Waals surface area contributed by atoms with E-state index in [4.69, 9.17) is 0 Å². The fourth-order valence-corrected chi connectivity index (χ4v) is 4.15. The maximum atomic E-state index is 13.5. The number of H-pyrrole nitrogens is 1. The van der Waals surface area contributed by atoms with Gasteiger partial charge in [-0.05, 0) is 41.5 Å². The molecule has 1 amide bonds. The van der Waals surface area contributed by atoms with Gasteiger partial charge in [0.2, 0.25) is 0 Å². The van der Waals surface area contributed by atoms with Gasteiger partial charge in [0, 0.05) is 49.1 Å². The van der Waals surface area contributed by atoms with Gasteiger partial charge in [-0.3, -0.25) is 19.8 Å². The van der Waals surface area contributed by atoms with Gasteiger partial charge in [-0.2, -0.15) is 18.3 Å². The summed E-state index contributed by atoms with van der Waals surface area (Å²) in [6.07, 6.45) is -0.540. The molecule has 186 valence electrons. The van der Waals surface area contributed by atoms with E-state index in [2.05, 4.69) is 25.5 Å². The number of rotatable bonds is 5. The summed E-state index contributed by atoms with van der Waals surface area (Å²) >= 11 is 0. The van der Waals surface area contributed by atoms with E-state index in [0.717, 1.165) is 23.9 Å². The summed E-state index contributed by atoms with van der Waals surface area (Å²) in [5.41, 5.74) is 1.78. The van der Waals surface area contributed by atoms with Gasteiger partial charge >= 0.3 is 6.18 Å². The Bertz CT molecular complexity index is 1430. The van der Waals surface area contributed by atoms with Gasteiger partial charge in [0.15, 0.2) is 5.69 Å². The predicted octanol–water partition coefficient (Wildman–Crippen LogP) is 5.13. The molecule has 1 saturated heterocycles. The van der Waals surface area contributed by atoms with Crippen molar-refractivity contribution >= 4 is 22.6 Å². The third-order valence-electron chi connectivity index (χ3n) is 5.89. The quantitative estimate of drug-likeness (QED) is 0.370. The number of hydrogen-bond acceptors (Lipinski definition) is 5. The minimum absolute atomic E-state index is 0.0190. The third-order valence-corrected chi connectivity index (χ3v) is 5.89. The zero-order valence-electron chi connectivity index (χ0n) is 18.6. The van der Waals surface area contributed by atoms with E-state index >= 15 is 0 Å². The Morgan fingerprint density at radius 2 is 1.94 bits per heavy atom. The first-order valence-electron chi connectivity index (χ1n) is 10.9. The largest absolute Gasteiger partial charge is 0.416 e. The summed E-state index contributed by atoms with van der Waals surface area (Å²) in [4.78, 5) is 22.5. The lowest BCUT2D eigenvalue weighted by atomic mass is 10.0. The van der Waals surface area contributed by atoms with Crippen molar-refractivity contribution in [2.45, 2.75) is 25.1 Å². The Kier molecular flexibility index (Phi) is 5.91. The maximum Gasteiger partial charge on any atom is 0.416 e. The molecule has 7 nitrogen and oxygen atoms in total. The molecule has 0 spiro atoms.